The Hall–Kier alpha value is -1.95. The number of methoxy groups -OCH3 is 1. The highest BCUT2D eigenvalue weighted by Crippen LogP contribution is 2.32. The third-order valence-electron chi connectivity index (χ3n) is 4.77. The Morgan fingerprint density at radius 2 is 2.10 bits per heavy atom. The number of benzene rings is 1. The van der Waals surface area contributed by atoms with Crippen molar-refractivity contribution in [3.63, 3.8) is 0 Å². The zero-order valence-electron chi connectivity index (χ0n) is 16.5. The lowest BCUT2D eigenvalue weighted by molar-refractivity contribution is -0.124. The number of thiophene rings is 1. The molecule has 31 heavy (non-hydrogen) atoms. The lowest BCUT2D eigenvalue weighted by atomic mass is 10.1. The molecule has 1 aromatic carbocycles. The van der Waals surface area contributed by atoms with E-state index in [-0.39, 0.29) is 34.7 Å². The van der Waals surface area contributed by atoms with Crippen LogP contribution in [0.25, 0.3) is 0 Å². The van der Waals surface area contributed by atoms with Gasteiger partial charge in [-0.2, -0.15) is 13.1 Å². The van der Waals surface area contributed by atoms with Crippen LogP contribution in [-0.2, 0) is 21.2 Å². The molecule has 170 valence electrons. The van der Waals surface area contributed by atoms with Crippen molar-refractivity contribution in [2.75, 3.05) is 20.2 Å². The van der Waals surface area contributed by atoms with Gasteiger partial charge in [0.1, 0.15) is 10.3 Å². The highest BCUT2D eigenvalue weighted by molar-refractivity contribution is 7.91. The molecule has 1 aromatic heterocycles. The van der Waals surface area contributed by atoms with Gasteiger partial charge in [-0.25, -0.2) is 8.42 Å². The fraction of sp³-hybridized carbons (Fsp3) is 0.421. The van der Waals surface area contributed by atoms with Crippen LogP contribution in [0.5, 0.6) is 11.5 Å². The predicted molar refractivity (Wildman–Crippen MR) is 113 cm³/mol. The van der Waals surface area contributed by atoms with E-state index in [2.05, 4.69) is 10.1 Å². The Morgan fingerprint density at radius 1 is 1.32 bits per heavy atom. The topological polar surface area (TPSA) is 84.9 Å². The number of amides is 1. The van der Waals surface area contributed by atoms with Gasteiger partial charge in [-0.05, 0) is 49.1 Å². The van der Waals surface area contributed by atoms with Crippen molar-refractivity contribution in [2.24, 2.45) is 0 Å². The molecule has 12 heteroatoms. The number of carbonyl (C=O) groups excluding carboxylic acids is 1. The average Bonchev–Trinajstić information content (AvgIpc) is 3.38. The summed E-state index contributed by atoms with van der Waals surface area (Å²) in [5, 5.41) is 2.76. The molecule has 1 fully saturated rings. The van der Waals surface area contributed by atoms with Gasteiger partial charge in [-0.15, -0.1) is 11.3 Å². The highest BCUT2D eigenvalue weighted by Gasteiger charge is 2.39. The molecule has 3 rings (SSSR count). The van der Waals surface area contributed by atoms with Crippen LogP contribution in [-0.4, -0.2) is 51.5 Å². The highest BCUT2D eigenvalue weighted by atomic mass is 35.5. The molecule has 0 aliphatic carbocycles. The average molecular weight is 495 g/mol. The summed E-state index contributed by atoms with van der Waals surface area (Å²) < 4.78 is 61.7. The first-order chi connectivity index (χ1) is 14.7. The van der Waals surface area contributed by atoms with E-state index in [1.165, 1.54) is 29.6 Å². The summed E-state index contributed by atoms with van der Waals surface area (Å²) in [6.45, 7) is -2.46. The number of carbonyl (C=O) groups is 1. The van der Waals surface area contributed by atoms with E-state index in [9.17, 15) is 22.0 Å². The summed E-state index contributed by atoms with van der Waals surface area (Å²) in [4.78, 5) is 12.7. The van der Waals surface area contributed by atoms with Crippen LogP contribution in [0.15, 0.2) is 34.5 Å². The third-order valence-corrected chi connectivity index (χ3v) is 8.38. The number of hydrogen-bond donors (Lipinski definition) is 1. The molecular weight excluding hydrogens is 474 g/mol. The number of nitrogens with one attached hydrogen (secondary N) is 1. The molecule has 0 saturated carbocycles. The van der Waals surface area contributed by atoms with Gasteiger partial charge in [0.25, 0.3) is 10.0 Å². The van der Waals surface area contributed by atoms with E-state index in [0.717, 1.165) is 16.9 Å². The van der Waals surface area contributed by atoms with Gasteiger partial charge < -0.3 is 14.8 Å². The molecule has 1 N–H and O–H groups in total. The second kappa shape index (κ2) is 10.1. The minimum Gasteiger partial charge on any atom is -0.493 e. The molecule has 1 amide bonds. The molecule has 2 heterocycles. The molecule has 7 nitrogen and oxygen atoms in total. The number of sulfonamides is 1. The number of alkyl halides is 2. The Balaban J connectivity index is 1.60. The lowest BCUT2D eigenvalue weighted by Crippen LogP contribution is -2.46. The molecule has 0 radical (unpaired) electrons. The second-order valence-corrected chi connectivity index (χ2v) is 10.6. The number of rotatable bonds is 9. The van der Waals surface area contributed by atoms with Crippen LogP contribution < -0.4 is 14.8 Å². The molecule has 1 aliphatic heterocycles. The smallest absolute Gasteiger partial charge is 0.387 e. The largest absolute Gasteiger partial charge is 0.493 e. The van der Waals surface area contributed by atoms with Crippen LogP contribution in [0.2, 0.25) is 4.34 Å². The maximum Gasteiger partial charge on any atom is 0.387 e. The molecule has 0 spiro atoms. The zero-order chi connectivity index (χ0) is 22.6. The fourth-order valence-corrected chi connectivity index (χ4v) is 6.62. The summed E-state index contributed by atoms with van der Waals surface area (Å²) in [5.41, 5.74) is 0.739. The summed E-state index contributed by atoms with van der Waals surface area (Å²) in [6, 6.07) is 6.68. The first-order valence-electron chi connectivity index (χ1n) is 9.39. The van der Waals surface area contributed by atoms with Crippen molar-refractivity contribution in [1.82, 2.24) is 9.62 Å². The standard InChI is InChI=1S/C19H21ClF2N2O5S2/c1-28-15-11-12(4-5-14(15)29-19(21)22)8-9-23-18(25)13-3-2-10-24(13)31(26,27)17-7-6-16(20)30-17/h4-7,11,13,19H,2-3,8-10H2,1H3,(H,23,25)/t13-/m1/s1. The van der Waals surface area contributed by atoms with Crippen molar-refractivity contribution in [3.05, 3.63) is 40.2 Å². The van der Waals surface area contributed by atoms with Crippen LogP contribution in [0, 0.1) is 0 Å². The zero-order valence-corrected chi connectivity index (χ0v) is 18.9. The van der Waals surface area contributed by atoms with Crippen molar-refractivity contribution in [2.45, 2.75) is 36.1 Å². The molecule has 1 saturated heterocycles. The summed E-state index contributed by atoms with van der Waals surface area (Å²) in [6.07, 6.45) is 1.41. The van der Waals surface area contributed by atoms with Crippen LogP contribution >= 0.6 is 22.9 Å². The third kappa shape index (κ3) is 5.65. The number of halogens is 3. The Kier molecular flexibility index (Phi) is 7.73. The SMILES string of the molecule is COc1cc(CCNC(=O)[C@H]2CCCN2S(=O)(=O)c2ccc(Cl)s2)ccc1OC(F)F. The first kappa shape index (κ1) is 23.7. The summed E-state index contributed by atoms with van der Waals surface area (Å²) in [7, 11) is -2.46. The minimum absolute atomic E-state index is 0.0780. The normalized spacial score (nSPS) is 17.1. The first-order valence-corrected chi connectivity index (χ1v) is 12.0. The van der Waals surface area contributed by atoms with Gasteiger partial charge in [0.15, 0.2) is 11.5 Å². The molecule has 0 bridgehead atoms. The minimum atomic E-state index is -3.80. The Bertz CT molecular complexity index is 1030. The van der Waals surface area contributed by atoms with Gasteiger partial charge in [0.05, 0.1) is 11.4 Å². The van der Waals surface area contributed by atoms with Crippen molar-refractivity contribution < 1.29 is 31.5 Å². The van der Waals surface area contributed by atoms with Gasteiger partial charge in [0.2, 0.25) is 5.91 Å². The molecule has 0 unspecified atom stereocenters. The van der Waals surface area contributed by atoms with E-state index in [1.54, 1.807) is 12.1 Å². The van der Waals surface area contributed by atoms with E-state index in [0.29, 0.717) is 23.6 Å². The van der Waals surface area contributed by atoms with Crippen molar-refractivity contribution in [3.8, 4) is 11.5 Å². The van der Waals surface area contributed by atoms with Crippen molar-refractivity contribution in [1.29, 1.82) is 0 Å². The van der Waals surface area contributed by atoms with Gasteiger partial charge in [-0.3, -0.25) is 4.79 Å². The van der Waals surface area contributed by atoms with Gasteiger partial charge in [-0.1, -0.05) is 17.7 Å². The maximum absolute atomic E-state index is 12.9. The fourth-order valence-electron chi connectivity index (χ4n) is 3.35. The van der Waals surface area contributed by atoms with Crippen LogP contribution in [0.1, 0.15) is 18.4 Å². The number of nitrogens with zero attached hydrogens (tertiary/aromatic N) is 1. The maximum atomic E-state index is 12.9. The molecule has 1 aliphatic rings. The molecule has 1 atom stereocenters. The Labute approximate surface area is 188 Å². The number of hydrogen-bond acceptors (Lipinski definition) is 6. The van der Waals surface area contributed by atoms with Crippen molar-refractivity contribution >= 4 is 38.9 Å². The van der Waals surface area contributed by atoms with E-state index in [1.807, 2.05) is 0 Å². The van der Waals surface area contributed by atoms with E-state index in [4.69, 9.17) is 16.3 Å². The van der Waals surface area contributed by atoms with Crippen LogP contribution in [0.4, 0.5) is 8.78 Å². The molecule has 2 aromatic rings. The Morgan fingerprint density at radius 3 is 2.74 bits per heavy atom. The summed E-state index contributed by atoms with van der Waals surface area (Å²) >= 11 is 6.81. The molecular formula is C19H21ClF2N2O5S2. The second-order valence-electron chi connectivity index (χ2n) is 6.74. The van der Waals surface area contributed by atoms with Gasteiger partial charge in [0, 0.05) is 13.1 Å². The van der Waals surface area contributed by atoms with Crippen LogP contribution in [0.3, 0.4) is 0 Å². The summed E-state index contributed by atoms with van der Waals surface area (Å²) in [5.74, 6) is -0.300. The predicted octanol–water partition coefficient (Wildman–Crippen LogP) is 3.52. The van der Waals surface area contributed by atoms with Gasteiger partial charge >= 0.3 is 6.61 Å². The number of ether oxygens (including phenoxy) is 2. The van der Waals surface area contributed by atoms with E-state index < -0.39 is 22.7 Å². The monoisotopic (exact) mass is 494 g/mol. The lowest BCUT2D eigenvalue weighted by Gasteiger charge is -2.22. The quantitative estimate of drug-likeness (QED) is 0.576. The van der Waals surface area contributed by atoms with E-state index >= 15 is 0 Å².